The zero-order valence-electron chi connectivity index (χ0n) is 15.7. The number of allylic oxidation sites excluding steroid dienone is 1. The minimum atomic E-state index is -0.300. The summed E-state index contributed by atoms with van der Waals surface area (Å²) in [5.41, 5.74) is 4.52. The molecule has 0 bridgehead atoms. The van der Waals surface area contributed by atoms with Crippen LogP contribution in [0.15, 0.2) is 59.8 Å². The van der Waals surface area contributed by atoms with Crippen molar-refractivity contribution in [2.75, 3.05) is 23.9 Å². The smallest absolute Gasteiger partial charge is 0.338 e. The summed E-state index contributed by atoms with van der Waals surface area (Å²) in [6.07, 6.45) is -0.132. The molecule has 2 atom stereocenters. The van der Waals surface area contributed by atoms with Crippen LogP contribution in [0.2, 0.25) is 0 Å². The molecule has 140 valence electrons. The second-order valence-corrected chi connectivity index (χ2v) is 6.55. The van der Waals surface area contributed by atoms with E-state index in [0.29, 0.717) is 12.2 Å². The monoisotopic (exact) mass is 365 g/mol. The lowest BCUT2D eigenvalue weighted by Crippen LogP contribution is -2.53. The molecule has 0 aromatic heterocycles. The van der Waals surface area contributed by atoms with Crippen molar-refractivity contribution < 1.29 is 14.3 Å². The number of hydrogen-bond acceptors (Lipinski definition) is 6. The van der Waals surface area contributed by atoms with Crippen LogP contribution in [0, 0.1) is 0 Å². The predicted molar refractivity (Wildman–Crippen MR) is 105 cm³/mol. The van der Waals surface area contributed by atoms with Crippen molar-refractivity contribution >= 4 is 17.3 Å². The van der Waals surface area contributed by atoms with Gasteiger partial charge in [-0.05, 0) is 43.7 Å². The number of carbonyl (C=O) groups excluding carboxylic acids is 1. The molecular formula is C21H23N3O3. The second kappa shape index (κ2) is 6.87. The number of rotatable bonds is 4. The van der Waals surface area contributed by atoms with Crippen LogP contribution in [-0.4, -0.2) is 26.0 Å². The average molecular weight is 365 g/mol. The molecule has 2 aliphatic heterocycles. The van der Waals surface area contributed by atoms with Gasteiger partial charge in [0.15, 0.2) is 6.29 Å². The fourth-order valence-electron chi connectivity index (χ4n) is 3.78. The summed E-state index contributed by atoms with van der Waals surface area (Å²) in [5, 5.41) is 6.89. The van der Waals surface area contributed by atoms with Crippen molar-refractivity contribution in [1.29, 1.82) is 0 Å². The lowest BCUT2D eigenvalue weighted by Gasteiger charge is -2.41. The molecule has 0 amide bonds. The van der Waals surface area contributed by atoms with E-state index in [1.165, 1.54) is 0 Å². The van der Waals surface area contributed by atoms with E-state index in [1.807, 2.05) is 56.3 Å². The Morgan fingerprint density at radius 3 is 2.56 bits per heavy atom. The number of methoxy groups -OCH3 is 1. The molecule has 0 saturated carbocycles. The van der Waals surface area contributed by atoms with Crippen LogP contribution >= 0.6 is 0 Å². The van der Waals surface area contributed by atoms with Gasteiger partial charge in [-0.1, -0.05) is 24.3 Å². The Morgan fingerprint density at radius 2 is 1.85 bits per heavy atom. The van der Waals surface area contributed by atoms with Gasteiger partial charge in [-0.25, -0.2) is 4.79 Å². The zero-order valence-corrected chi connectivity index (χ0v) is 15.7. The number of nitrogens with one attached hydrogen (secondary N) is 2. The summed E-state index contributed by atoms with van der Waals surface area (Å²) in [6, 6.07) is 15.7. The number of ether oxygens (including phenoxy) is 2. The maximum absolute atomic E-state index is 12.8. The number of fused-ring (bicyclic) bond motifs is 3. The van der Waals surface area contributed by atoms with E-state index in [-0.39, 0.29) is 18.3 Å². The fourth-order valence-corrected chi connectivity index (χ4v) is 3.78. The first-order valence-electron chi connectivity index (χ1n) is 9.06. The maximum Gasteiger partial charge on any atom is 0.338 e. The highest BCUT2D eigenvalue weighted by Crippen LogP contribution is 2.45. The van der Waals surface area contributed by atoms with Gasteiger partial charge in [-0.2, -0.15) is 0 Å². The predicted octanol–water partition coefficient (Wildman–Crippen LogP) is 3.39. The number of benzene rings is 2. The van der Waals surface area contributed by atoms with E-state index in [1.54, 1.807) is 7.11 Å². The number of hydrogen-bond donors (Lipinski definition) is 2. The van der Waals surface area contributed by atoms with E-state index in [2.05, 4.69) is 21.6 Å². The summed E-state index contributed by atoms with van der Waals surface area (Å²) in [7, 11) is 1.64. The first-order valence-corrected chi connectivity index (χ1v) is 9.06. The third-order valence-corrected chi connectivity index (χ3v) is 4.99. The molecule has 2 unspecified atom stereocenters. The van der Waals surface area contributed by atoms with Crippen molar-refractivity contribution in [3.8, 4) is 5.75 Å². The van der Waals surface area contributed by atoms with Crippen LogP contribution < -0.4 is 20.3 Å². The third-order valence-electron chi connectivity index (χ3n) is 4.99. The summed E-state index contributed by atoms with van der Waals surface area (Å²) < 4.78 is 10.7. The average Bonchev–Trinajstić information content (AvgIpc) is 3.05. The van der Waals surface area contributed by atoms with Gasteiger partial charge in [-0.15, -0.1) is 0 Å². The molecule has 0 spiro atoms. The SMILES string of the molecule is CCOC(=O)C1=C(C)NC2Nc3ccccc3N2C1c1ccc(OC)cc1. The Labute approximate surface area is 158 Å². The molecule has 6 heteroatoms. The van der Waals surface area contributed by atoms with Crippen molar-refractivity contribution in [3.05, 3.63) is 65.4 Å². The highest BCUT2D eigenvalue weighted by atomic mass is 16.5. The maximum atomic E-state index is 12.8. The molecule has 0 radical (unpaired) electrons. The highest BCUT2D eigenvalue weighted by molar-refractivity contribution is 5.93. The van der Waals surface area contributed by atoms with Crippen LogP contribution in [0.1, 0.15) is 25.5 Å². The molecule has 4 rings (SSSR count). The molecule has 6 nitrogen and oxygen atoms in total. The van der Waals surface area contributed by atoms with Gasteiger partial charge in [0.2, 0.25) is 0 Å². The molecule has 2 aromatic carbocycles. The number of carbonyl (C=O) groups is 1. The number of esters is 1. The first kappa shape index (κ1) is 17.3. The summed E-state index contributed by atoms with van der Waals surface area (Å²) >= 11 is 0. The zero-order chi connectivity index (χ0) is 19.0. The molecular weight excluding hydrogens is 342 g/mol. The topological polar surface area (TPSA) is 62.8 Å². The number of para-hydroxylation sites is 2. The van der Waals surface area contributed by atoms with Crippen molar-refractivity contribution in [3.63, 3.8) is 0 Å². The lowest BCUT2D eigenvalue weighted by molar-refractivity contribution is -0.139. The van der Waals surface area contributed by atoms with Crippen LogP contribution in [-0.2, 0) is 9.53 Å². The van der Waals surface area contributed by atoms with Gasteiger partial charge >= 0.3 is 5.97 Å². The summed E-state index contributed by atoms with van der Waals surface area (Å²) in [6.45, 7) is 4.08. The first-order chi connectivity index (χ1) is 13.1. The fraction of sp³-hybridized carbons (Fsp3) is 0.286. The van der Waals surface area contributed by atoms with Gasteiger partial charge in [0.1, 0.15) is 5.75 Å². The second-order valence-electron chi connectivity index (χ2n) is 6.55. The van der Waals surface area contributed by atoms with Gasteiger partial charge in [0.25, 0.3) is 0 Å². The van der Waals surface area contributed by atoms with Crippen LogP contribution in [0.4, 0.5) is 11.4 Å². The van der Waals surface area contributed by atoms with E-state index in [4.69, 9.17) is 9.47 Å². The van der Waals surface area contributed by atoms with E-state index in [9.17, 15) is 4.79 Å². The molecule has 27 heavy (non-hydrogen) atoms. The number of nitrogens with zero attached hydrogens (tertiary/aromatic N) is 1. The highest BCUT2D eigenvalue weighted by Gasteiger charge is 2.43. The van der Waals surface area contributed by atoms with E-state index in [0.717, 1.165) is 28.4 Å². The Balaban J connectivity index is 1.85. The minimum Gasteiger partial charge on any atom is -0.497 e. The molecule has 0 saturated heterocycles. The molecule has 2 N–H and O–H groups in total. The molecule has 2 aromatic rings. The molecule has 2 aliphatic rings. The molecule has 2 heterocycles. The Morgan fingerprint density at radius 1 is 1.11 bits per heavy atom. The van der Waals surface area contributed by atoms with Crippen LogP contribution in [0.25, 0.3) is 0 Å². The molecule has 0 aliphatic carbocycles. The van der Waals surface area contributed by atoms with Crippen molar-refractivity contribution in [1.82, 2.24) is 5.32 Å². The van der Waals surface area contributed by atoms with Crippen LogP contribution in [0.3, 0.4) is 0 Å². The summed E-state index contributed by atoms with van der Waals surface area (Å²) in [4.78, 5) is 15.0. The largest absolute Gasteiger partial charge is 0.497 e. The standard InChI is InChI=1S/C21H23N3O3/c1-4-27-20(25)18-13(2)22-21-23-16-7-5-6-8-17(16)24(21)19(18)14-9-11-15(26-3)12-10-14/h5-12,19,21-23H,4H2,1-3H3. The Kier molecular flexibility index (Phi) is 4.39. The minimum absolute atomic E-state index is 0.132. The normalized spacial score (nSPS) is 20.3. The molecule has 0 fully saturated rings. The van der Waals surface area contributed by atoms with Gasteiger partial charge < -0.3 is 25.0 Å². The van der Waals surface area contributed by atoms with Crippen molar-refractivity contribution in [2.24, 2.45) is 0 Å². The van der Waals surface area contributed by atoms with E-state index < -0.39 is 0 Å². The van der Waals surface area contributed by atoms with Gasteiger partial charge in [0.05, 0.1) is 36.7 Å². The Hall–Kier alpha value is -3.15. The van der Waals surface area contributed by atoms with Gasteiger partial charge in [-0.3, -0.25) is 0 Å². The lowest BCUT2D eigenvalue weighted by atomic mass is 9.93. The quantitative estimate of drug-likeness (QED) is 0.810. The third kappa shape index (κ3) is 2.87. The summed E-state index contributed by atoms with van der Waals surface area (Å²) in [5.74, 6) is 0.480. The number of anilines is 2. The van der Waals surface area contributed by atoms with E-state index >= 15 is 0 Å². The van der Waals surface area contributed by atoms with Gasteiger partial charge in [0, 0.05) is 5.70 Å². The van der Waals surface area contributed by atoms with Crippen LogP contribution in [0.5, 0.6) is 5.75 Å². The van der Waals surface area contributed by atoms with Crippen molar-refractivity contribution in [2.45, 2.75) is 26.2 Å². The Bertz CT molecular complexity index is 892.